The Morgan fingerprint density at radius 1 is 1.09 bits per heavy atom. The van der Waals surface area contributed by atoms with Crippen molar-refractivity contribution in [3.05, 3.63) is 59.0 Å². The zero-order valence-corrected chi connectivity index (χ0v) is 13.5. The second-order valence-corrected chi connectivity index (χ2v) is 5.51. The van der Waals surface area contributed by atoms with E-state index in [0.29, 0.717) is 5.69 Å². The number of carbonyl (C=O) groups excluding carboxylic acids is 1. The number of benzene rings is 1. The number of anilines is 1. The fourth-order valence-electron chi connectivity index (χ4n) is 2.28. The van der Waals surface area contributed by atoms with E-state index in [2.05, 4.69) is 15.5 Å². The fraction of sp³-hybridized carbons (Fsp3) is 0.235. The first-order valence-electron chi connectivity index (χ1n) is 7.32. The molecule has 1 N–H and O–H groups in total. The zero-order valence-electron chi connectivity index (χ0n) is 13.5. The van der Waals surface area contributed by atoms with Gasteiger partial charge in [-0.3, -0.25) is 4.79 Å². The SMILES string of the molecule is Cc1noc(C(=O)Nc2ccc(-n3cnc(C)c3C)cc2)c1C. The largest absolute Gasteiger partial charge is 0.350 e. The molecule has 0 radical (unpaired) electrons. The molecule has 2 heterocycles. The van der Waals surface area contributed by atoms with Crippen LogP contribution in [0.5, 0.6) is 0 Å². The molecule has 0 aliphatic rings. The lowest BCUT2D eigenvalue weighted by Gasteiger charge is -2.08. The van der Waals surface area contributed by atoms with Crippen molar-refractivity contribution in [1.29, 1.82) is 0 Å². The summed E-state index contributed by atoms with van der Waals surface area (Å²) >= 11 is 0. The van der Waals surface area contributed by atoms with Crippen LogP contribution in [0, 0.1) is 27.7 Å². The van der Waals surface area contributed by atoms with Crippen molar-refractivity contribution in [2.45, 2.75) is 27.7 Å². The Kier molecular flexibility index (Phi) is 3.73. The van der Waals surface area contributed by atoms with E-state index in [-0.39, 0.29) is 11.7 Å². The van der Waals surface area contributed by atoms with Gasteiger partial charge >= 0.3 is 0 Å². The highest BCUT2D eigenvalue weighted by Crippen LogP contribution is 2.18. The summed E-state index contributed by atoms with van der Waals surface area (Å²) in [6, 6.07) is 7.56. The Bertz CT molecular complexity index is 859. The van der Waals surface area contributed by atoms with E-state index in [1.54, 1.807) is 13.3 Å². The molecule has 0 unspecified atom stereocenters. The van der Waals surface area contributed by atoms with E-state index in [1.807, 2.05) is 49.6 Å². The summed E-state index contributed by atoms with van der Waals surface area (Å²) in [6.45, 7) is 7.61. The van der Waals surface area contributed by atoms with E-state index >= 15 is 0 Å². The van der Waals surface area contributed by atoms with Gasteiger partial charge in [0.15, 0.2) is 0 Å². The van der Waals surface area contributed by atoms with Gasteiger partial charge in [-0.15, -0.1) is 0 Å². The quantitative estimate of drug-likeness (QED) is 0.805. The van der Waals surface area contributed by atoms with Crippen LogP contribution in [0.1, 0.15) is 33.2 Å². The number of aromatic nitrogens is 3. The number of imidazole rings is 1. The fourth-order valence-corrected chi connectivity index (χ4v) is 2.28. The van der Waals surface area contributed by atoms with E-state index in [0.717, 1.165) is 28.3 Å². The van der Waals surface area contributed by atoms with Crippen molar-refractivity contribution in [1.82, 2.24) is 14.7 Å². The third-order valence-corrected chi connectivity index (χ3v) is 4.02. The molecule has 0 fully saturated rings. The smallest absolute Gasteiger partial charge is 0.294 e. The van der Waals surface area contributed by atoms with Gasteiger partial charge in [0.05, 0.1) is 17.7 Å². The Balaban J connectivity index is 1.79. The summed E-state index contributed by atoms with van der Waals surface area (Å²) in [4.78, 5) is 16.5. The third kappa shape index (κ3) is 2.75. The predicted molar refractivity (Wildman–Crippen MR) is 87.0 cm³/mol. The third-order valence-electron chi connectivity index (χ3n) is 4.02. The highest BCUT2D eigenvalue weighted by molar-refractivity contribution is 6.03. The molecule has 0 spiro atoms. The number of rotatable bonds is 3. The first kappa shape index (κ1) is 15.0. The Labute approximate surface area is 134 Å². The standard InChI is InChI=1S/C17H18N4O2/c1-10-11(2)20-23-16(10)17(22)19-14-5-7-15(8-6-14)21-9-18-12(3)13(21)4/h5-9H,1-4H3,(H,19,22). The van der Waals surface area contributed by atoms with Crippen molar-refractivity contribution in [2.24, 2.45) is 0 Å². The van der Waals surface area contributed by atoms with E-state index < -0.39 is 0 Å². The summed E-state index contributed by atoms with van der Waals surface area (Å²) < 4.78 is 7.07. The van der Waals surface area contributed by atoms with Crippen molar-refractivity contribution >= 4 is 11.6 Å². The molecule has 1 aromatic carbocycles. The monoisotopic (exact) mass is 310 g/mol. The lowest BCUT2D eigenvalue weighted by molar-refractivity contribution is 0.0987. The van der Waals surface area contributed by atoms with Gasteiger partial charge in [-0.2, -0.15) is 0 Å². The minimum absolute atomic E-state index is 0.243. The Morgan fingerprint density at radius 2 is 1.78 bits per heavy atom. The van der Waals surface area contributed by atoms with Crippen molar-refractivity contribution in [2.75, 3.05) is 5.32 Å². The second kappa shape index (κ2) is 5.72. The van der Waals surface area contributed by atoms with Crippen molar-refractivity contribution in [3.63, 3.8) is 0 Å². The summed E-state index contributed by atoms with van der Waals surface area (Å²) in [5, 5.41) is 6.61. The van der Waals surface area contributed by atoms with Crippen molar-refractivity contribution in [3.8, 4) is 5.69 Å². The molecule has 23 heavy (non-hydrogen) atoms. The number of amides is 1. The number of nitrogens with zero attached hydrogens (tertiary/aromatic N) is 3. The maximum atomic E-state index is 12.2. The molecular formula is C17H18N4O2. The predicted octanol–water partition coefficient (Wildman–Crippen LogP) is 3.35. The minimum atomic E-state index is -0.300. The molecule has 0 aliphatic heterocycles. The first-order valence-corrected chi connectivity index (χ1v) is 7.32. The molecule has 3 rings (SSSR count). The molecular weight excluding hydrogens is 292 g/mol. The summed E-state index contributed by atoms with van der Waals surface area (Å²) in [5.41, 5.74) is 5.25. The summed E-state index contributed by atoms with van der Waals surface area (Å²) in [5.74, 6) is -0.0573. The molecule has 0 bridgehead atoms. The molecule has 0 atom stereocenters. The molecule has 6 nitrogen and oxygen atoms in total. The summed E-state index contributed by atoms with van der Waals surface area (Å²) in [6.07, 6.45) is 1.79. The van der Waals surface area contributed by atoms with E-state index in [1.165, 1.54) is 0 Å². The topological polar surface area (TPSA) is 73.0 Å². The average Bonchev–Trinajstić information content (AvgIpc) is 3.04. The number of hydrogen-bond acceptors (Lipinski definition) is 4. The van der Waals surface area contributed by atoms with Gasteiger partial charge in [0, 0.05) is 22.6 Å². The number of carbonyl (C=O) groups is 1. The molecule has 0 aliphatic carbocycles. The normalized spacial score (nSPS) is 10.8. The van der Waals surface area contributed by atoms with Crippen LogP contribution in [0.2, 0.25) is 0 Å². The van der Waals surface area contributed by atoms with Gasteiger partial charge in [-0.25, -0.2) is 4.98 Å². The minimum Gasteiger partial charge on any atom is -0.350 e. The molecule has 0 saturated heterocycles. The molecule has 2 aromatic heterocycles. The number of aryl methyl sites for hydroxylation is 2. The maximum absolute atomic E-state index is 12.2. The van der Waals surface area contributed by atoms with Crippen LogP contribution < -0.4 is 5.32 Å². The van der Waals surface area contributed by atoms with Crippen LogP contribution in [0.15, 0.2) is 35.1 Å². The lowest BCUT2D eigenvalue weighted by Crippen LogP contribution is -2.12. The highest BCUT2D eigenvalue weighted by Gasteiger charge is 2.17. The second-order valence-electron chi connectivity index (χ2n) is 5.51. The van der Waals surface area contributed by atoms with Crippen LogP contribution in [0.4, 0.5) is 5.69 Å². The molecule has 1 amide bonds. The Hall–Kier alpha value is -2.89. The number of hydrogen-bond donors (Lipinski definition) is 1. The van der Waals surface area contributed by atoms with Crippen LogP contribution in [0.3, 0.4) is 0 Å². The van der Waals surface area contributed by atoms with Gasteiger partial charge in [0.1, 0.15) is 0 Å². The zero-order chi connectivity index (χ0) is 16.6. The first-order chi connectivity index (χ1) is 11.0. The average molecular weight is 310 g/mol. The highest BCUT2D eigenvalue weighted by atomic mass is 16.5. The van der Waals surface area contributed by atoms with Gasteiger partial charge in [0.25, 0.3) is 5.91 Å². The molecule has 0 saturated carbocycles. The van der Waals surface area contributed by atoms with E-state index in [4.69, 9.17) is 4.52 Å². The van der Waals surface area contributed by atoms with Crippen LogP contribution in [0.25, 0.3) is 5.69 Å². The van der Waals surface area contributed by atoms with Gasteiger partial charge in [-0.05, 0) is 52.0 Å². The van der Waals surface area contributed by atoms with E-state index in [9.17, 15) is 4.79 Å². The van der Waals surface area contributed by atoms with Gasteiger partial charge in [0.2, 0.25) is 5.76 Å². The molecule has 3 aromatic rings. The van der Waals surface area contributed by atoms with Crippen LogP contribution >= 0.6 is 0 Å². The Morgan fingerprint density at radius 3 is 2.30 bits per heavy atom. The molecule has 6 heteroatoms. The van der Waals surface area contributed by atoms with Crippen LogP contribution in [-0.4, -0.2) is 20.6 Å². The maximum Gasteiger partial charge on any atom is 0.294 e. The lowest BCUT2D eigenvalue weighted by atomic mass is 10.2. The number of nitrogens with one attached hydrogen (secondary N) is 1. The molecule has 118 valence electrons. The van der Waals surface area contributed by atoms with Gasteiger partial charge in [-0.1, -0.05) is 5.16 Å². The van der Waals surface area contributed by atoms with Gasteiger partial charge < -0.3 is 14.4 Å². The van der Waals surface area contributed by atoms with Crippen LogP contribution in [-0.2, 0) is 0 Å². The van der Waals surface area contributed by atoms with Crippen molar-refractivity contribution < 1.29 is 9.32 Å². The summed E-state index contributed by atoms with van der Waals surface area (Å²) in [7, 11) is 0.